The number of nitrogens with zero attached hydrogens (tertiary/aromatic N) is 1. The van der Waals surface area contributed by atoms with Crippen molar-refractivity contribution in [3.8, 4) is 0 Å². The molecule has 0 amide bonds. The van der Waals surface area contributed by atoms with E-state index in [1.807, 2.05) is 0 Å². The number of allylic oxidation sites excluding steroid dienone is 2. The van der Waals surface area contributed by atoms with Crippen LogP contribution in [0.4, 0.5) is 13.2 Å². The van der Waals surface area contributed by atoms with Crippen molar-refractivity contribution in [3.63, 3.8) is 0 Å². The van der Waals surface area contributed by atoms with E-state index in [1.54, 1.807) is 19.9 Å². The Morgan fingerprint density at radius 3 is 2.17 bits per heavy atom. The molecule has 0 aliphatic heterocycles. The molecule has 0 aromatic rings. The van der Waals surface area contributed by atoms with E-state index < -0.39 is 11.9 Å². The number of halogens is 3. The summed E-state index contributed by atoms with van der Waals surface area (Å²) in [6.45, 7) is 4.25. The lowest BCUT2D eigenvalue weighted by Crippen LogP contribution is -2.22. The second kappa shape index (κ2) is 4.13. The van der Waals surface area contributed by atoms with E-state index in [9.17, 15) is 13.2 Å². The summed E-state index contributed by atoms with van der Waals surface area (Å²) in [6.07, 6.45) is -2.71. The topological polar surface area (TPSA) is 24.4 Å². The van der Waals surface area contributed by atoms with E-state index in [4.69, 9.17) is 0 Å². The van der Waals surface area contributed by atoms with Gasteiger partial charge in [0, 0.05) is 5.70 Å². The molecule has 1 N–H and O–H groups in total. The number of alkyl halides is 3. The Bertz CT molecular complexity index is 203. The van der Waals surface area contributed by atoms with Gasteiger partial charge in [0.2, 0.25) is 0 Å². The van der Waals surface area contributed by atoms with Crippen LogP contribution in [-0.2, 0) is 0 Å². The van der Waals surface area contributed by atoms with Crippen molar-refractivity contribution in [1.82, 2.24) is 5.43 Å². The predicted molar refractivity (Wildman–Crippen MR) is 41.7 cm³/mol. The van der Waals surface area contributed by atoms with Crippen LogP contribution in [0.1, 0.15) is 20.8 Å². The highest BCUT2D eigenvalue weighted by Crippen LogP contribution is 2.16. The Morgan fingerprint density at radius 1 is 1.33 bits per heavy atom. The molecule has 0 atom stereocenters. The van der Waals surface area contributed by atoms with Gasteiger partial charge in [-0.3, -0.25) is 5.43 Å². The number of hydrogen-bond acceptors (Lipinski definition) is 2. The fraction of sp³-hybridized carbons (Fsp3) is 0.571. The molecule has 0 aliphatic carbocycles. The summed E-state index contributed by atoms with van der Waals surface area (Å²) in [6, 6.07) is 0. The van der Waals surface area contributed by atoms with Gasteiger partial charge in [-0.25, -0.2) is 0 Å². The third kappa shape index (κ3) is 4.00. The van der Waals surface area contributed by atoms with Crippen LogP contribution < -0.4 is 5.43 Å². The second-order valence-corrected chi connectivity index (χ2v) is 2.28. The molecular weight excluding hydrogens is 169 g/mol. The summed E-state index contributed by atoms with van der Waals surface area (Å²) in [5.41, 5.74) is 1.96. The van der Waals surface area contributed by atoms with Crippen molar-refractivity contribution < 1.29 is 13.2 Å². The number of nitrogens with one attached hydrogen (secondary N) is 1. The highest BCUT2D eigenvalue weighted by molar-refractivity contribution is 5.87. The molecule has 0 aromatic carbocycles. The molecule has 2 nitrogen and oxygen atoms in total. The first kappa shape index (κ1) is 11.0. The molecule has 0 saturated heterocycles. The van der Waals surface area contributed by atoms with Crippen molar-refractivity contribution in [1.29, 1.82) is 0 Å². The third-order valence-electron chi connectivity index (χ3n) is 1.24. The van der Waals surface area contributed by atoms with Gasteiger partial charge in [-0.15, -0.1) is 0 Å². The van der Waals surface area contributed by atoms with Crippen LogP contribution in [-0.4, -0.2) is 11.9 Å². The largest absolute Gasteiger partial charge is 0.430 e. The lowest BCUT2D eigenvalue weighted by atomic mass is 10.4. The lowest BCUT2D eigenvalue weighted by molar-refractivity contribution is -0.0595. The van der Waals surface area contributed by atoms with E-state index in [1.165, 1.54) is 0 Å². The molecule has 0 aliphatic rings. The summed E-state index contributed by atoms with van der Waals surface area (Å²) >= 11 is 0. The van der Waals surface area contributed by atoms with Crippen LogP contribution in [0.5, 0.6) is 0 Å². The van der Waals surface area contributed by atoms with E-state index in [0.29, 0.717) is 5.70 Å². The summed E-state index contributed by atoms with van der Waals surface area (Å²) in [5, 5.41) is 3.14. The van der Waals surface area contributed by atoms with Crippen LogP contribution in [0.15, 0.2) is 16.9 Å². The van der Waals surface area contributed by atoms with Gasteiger partial charge < -0.3 is 0 Å². The minimum Gasteiger partial charge on any atom is -0.283 e. The van der Waals surface area contributed by atoms with Gasteiger partial charge in [-0.2, -0.15) is 18.3 Å². The minimum absolute atomic E-state index is 0.582. The van der Waals surface area contributed by atoms with Gasteiger partial charge in [0.25, 0.3) is 0 Å². The highest BCUT2D eigenvalue weighted by Gasteiger charge is 2.32. The summed E-state index contributed by atoms with van der Waals surface area (Å²) in [5.74, 6) is 0. The lowest BCUT2D eigenvalue weighted by Gasteiger charge is -2.05. The molecule has 0 heterocycles. The average molecular weight is 180 g/mol. The molecule has 0 saturated carbocycles. The third-order valence-corrected chi connectivity index (χ3v) is 1.24. The van der Waals surface area contributed by atoms with E-state index in [0.717, 1.165) is 6.92 Å². The Morgan fingerprint density at radius 2 is 1.83 bits per heavy atom. The molecule has 70 valence electrons. The first-order valence-corrected chi connectivity index (χ1v) is 3.38. The van der Waals surface area contributed by atoms with Crippen molar-refractivity contribution in [2.75, 3.05) is 0 Å². The maximum absolute atomic E-state index is 11.8. The number of hydrogen-bond donors (Lipinski definition) is 1. The Balaban J connectivity index is 4.20. The number of hydrazone groups is 1. The first-order chi connectivity index (χ1) is 5.38. The van der Waals surface area contributed by atoms with Crippen LogP contribution in [0, 0.1) is 0 Å². The van der Waals surface area contributed by atoms with E-state index in [2.05, 4.69) is 10.5 Å². The van der Waals surface area contributed by atoms with Crippen molar-refractivity contribution in [3.05, 3.63) is 11.8 Å². The fourth-order valence-electron chi connectivity index (χ4n) is 0.300. The zero-order valence-corrected chi connectivity index (χ0v) is 7.16. The SMILES string of the molecule is C/C=C(\C)N/N=C(\C)C(F)(F)F. The molecule has 5 heteroatoms. The van der Waals surface area contributed by atoms with Crippen LogP contribution >= 0.6 is 0 Å². The molecule has 0 spiro atoms. The van der Waals surface area contributed by atoms with Gasteiger partial charge >= 0.3 is 6.18 Å². The minimum atomic E-state index is -4.35. The van der Waals surface area contributed by atoms with Crippen molar-refractivity contribution in [2.24, 2.45) is 5.10 Å². The maximum atomic E-state index is 11.8. The average Bonchev–Trinajstić information content (AvgIpc) is 1.97. The quantitative estimate of drug-likeness (QED) is 0.512. The predicted octanol–water partition coefficient (Wildman–Crippen LogP) is 2.44. The molecule has 0 radical (unpaired) electrons. The maximum Gasteiger partial charge on any atom is 0.430 e. The molecule has 0 rings (SSSR count). The van der Waals surface area contributed by atoms with Crippen LogP contribution in [0.25, 0.3) is 0 Å². The summed E-state index contributed by atoms with van der Waals surface area (Å²) < 4.78 is 35.4. The zero-order valence-electron chi connectivity index (χ0n) is 7.16. The summed E-state index contributed by atoms with van der Waals surface area (Å²) in [4.78, 5) is 0. The van der Waals surface area contributed by atoms with Crippen LogP contribution in [0.3, 0.4) is 0 Å². The van der Waals surface area contributed by atoms with Gasteiger partial charge in [0.1, 0.15) is 5.71 Å². The van der Waals surface area contributed by atoms with Crippen molar-refractivity contribution in [2.45, 2.75) is 26.9 Å². The molecule has 0 bridgehead atoms. The van der Waals surface area contributed by atoms with Gasteiger partial charge in [-0.05, 0) is 20.8 Å². The molecule has 12 heavy (non-hydrogen) atoms. The second-order valence-electron chi connectivity index (χ2n) is 2.28. The highest BCUT2D eigenvalue weighted by atomic mass is 19.4. The zero-order chi connectivity index (χ0) is 9.78. The molecule has 0 fully saturated rings. The number of rotatable bonds is 2. The molecular formula is C7H11F3N2. The summed E-state index contributed by atoms with van der Waals surface area (Å²) in [7, 11) is 0. The van der Waals surface area contributed by atoms with E-state index >= 15 is 0 Å². The van der Waals surface area contributed by atoms with E-state index in [-0.39, 0.29) is 0 Å². The molecule has 0 aromatic heterocycles. The fourth-order valence-corrected chi connectivity index (χ4v) is 0.300. The van der Waals surface area contributed by atoms with Gasteiger partial charge in [0.15, 0.2) is 0 Å². The van der Waals surface area contributed by atoms with Crippen molar-refractivity contribution >= 4 is 5.71 Å². The monoisotopic (exact) mass is 180 g/mol. The Kier molecular flexibility index (Phi) is 3.79. The Labute approximate surface area is 69.2 Å². The van der Waals surface area contributed by atoms with Gasteiger partial charge in [0.05, 0.1) is 0 Å². The smallest absolute Gasteiger partial charge is 0.283 e. The standard InChI is InChI=1S/C7H11F3N2/c1-4-5(2)11-12-6(3)7(8,9)10/h4,11H,1-3H3/b5-4+,12-6+. The molecule has 0 unspecified atom stereocenters. The normalized spacial score (nSPS) is 14.8. The van der Waals surface area contributed by atoms with Gasteiger partial charge in [-0.1, -0.05) is 6.08 Å². The van der Waals surface area contributed by atoms with Crippen LogP contribution in [0.2, 0.25) is 0 Å². The first-order valence-electron chi connectivity index (χ1n) is 3.38. The Hall–Kier alpha value is -1.00.